The van der Waals surface area contributed by atoms with E-state index >= 15 is 0 Å². The number of terminal acetylenes is 1. The molecule has 0 rings (SSSR count). The van der Waals surface area contributed by atoms with Crippen LogP contribution in [0.2, 0.25) is 0 Å². The van der Waals surface area contributed by atoms with Gasteiger partial charge < -0.3 is 10.1 Å². The molecule has 0 saturated carbocycles. The fourth-order valence-electron chi connectivity index (χ4n) is 0.476. The largest absolute Gasteiger partial charge is 0.411 e. The van der Waals surface area contributed by atoms with Gasteiger partial charge in [0.1, 0.15) is 18.6 Å². The van der Waals surface area contributed by atoms with Gasteiger partial charge in [0.25, 0.3) is 0 Å². The van der Waals surface area contributed by atoms with E-state index in [1.54, 1.807) is 19.0 Å². The summed E-state index contributed by atoms with van der Waals surface area (Å²) in [6, 6.07) is 0. The molecule has 0 aliphatic rings. The summed E-state index contributed by atoms with van der Waals surface area (Å²) in [5, 5.41) is 11.0. The van der Waals surface area contributed by atoms with Crippen molar-refractivity contribution in [2.45, 2.75) is 0 Å². The molecule has 0 bridgehead atoms. The number of hydrogen-bond acceptors (Lipinski definition) is 3. The first kappa shape index (κ1) is 9.50. The van der Waals surface area contributed by atoms with Crippen LogP contribution in [0.15, 0.2) is 10.1 Å². The molecule has 0 unspecified atom stereocenters. The number of nitrogens with zero attached hydrogens (tertiary/aromatic N) is 3. The highest BCUT2D eigenvalue weighted by Crippen LogP contribution is 1.80. The second-order valence-electron chi connectivity index (χ2n) is 2.02. The van der Waals surface area contributed by atoms with Crippen LogP contribution in [-0.2, 0) is 0 Å². The van der Waals surface area contributed by atoms with E-state index in [0.717, 1.165) is 0 Å². The Morgan fingerprint density at radius 2 is 2.36 bits per heavy atom. The summed E-state index contributed by atoms with van der Waals surface area (Å²) in [6.45, 7) is 0.291. The third-order valence-corrected chi connectivity index (χ3v) is 0.964. The fourth-order valence-corrected chi connectivity index (χ4v) is 0.476. The molecule has 0 heterocycles. The zero-order valence-corrected chi connectivity index (χ0v) is 6.65. The van der Waals surface area contributed by atoms with E-state index < -0.39 is 0 Å². The number of aliphatic imine (C=N–C) groups is 1. The maximum Gasteiger partial charge on any atom is 0.146 e. The Labute approximate surface area is 66.2 Å². The molecule has 0 radical (unpaired) electrons. The predicted octanol–water partition coefficient (Wildman–Crippen LogP) is 0.0397. The van der Waals surface area contributed by atoms with Gasteiger partial charge >= 0.3 is 0 Å². The molecule has 0 aromatic heterocycles. The van der Waals surface area contributed by atoms with Crippen LogP contribution in [0.1, 0.15) is 0 Å². The van der Waals surface area contributed by atoms with E-state index in [-0.39, 0.29) is 0 Å². The number of hydrogen-bond donors (Lipinski definition) is 1. The second-order valence-corrected chi connectivity index (χ2v) is 2.02. The van der Waals surface area contributed by atoms with Crippen LogP contribution in [-0.4, -0.2) is 42.8 Å². The standard InChI is InChI=1S/C7H11N3O/c1-4-5-8-7(6-9-11)10(2)3/h1,6,11H,5H2,2-3H3/b8-7-,9-6+. The predicted molar refractivity (Wildman–Crippen MR) is 45.1 cm³/mol. The Kier molecular flexibility index (Phi) is 4.58. The van der Waals surface area contributed by atoms with Crippen LogP contribution >= 0.6 is 0 Å². The van der Waals surface area contributed by atoms with Crippen molar-refractivity contribution in [3.8, 4) is 12.3 Å². The zero-order valence-electron chi connectivity index (χ0n) is 6.65. The first-order valence-corrected chi connectivity index (χ1v) is 3.05. The summed E-state index contributed by atoms with van der Waals surface area (Å²) in [5.41, 5.74) is 0. The molecule has 0 aliphatic carbocycles. The summed E-state index contributed by atoms with van der Waals surface area (Å²) in [7, 11) is 3.58. The van der Waals surface area contributed by atoms with Crippen LogP contribution in [0.5, 0.6) is 0 Å². The molecule has 11 heavy (non-hydrogen) atoms. The summed E-state index contributed by atoms with van der Waals surface area (Å²) < 4.78 is 0. The van der Waals surface area contributed by atoms with E-state index in [9.17, 15) is 0 Å². The van der Waals surface area contributed by atoms with Crippen molar-refractivity contribution >= 4 is 12.1 Å². The third kappa shape index (κ3) is 3.98. The van der Waals surface area contributed by atoms with Crippen molar-refractivity contribution < 1.29 is 5.21 Å². The van der Waals surface area contributed by atoms with Crippen molar-refractivity contribution in [3.05, 3.63) is 0 Å². The van der Waals surface area contributed by atoms with E-state index in [2.05, 4.69) is 16.1 Å². The van der Waals surface area contributed by atoms with E-state index in [4.69, 9.17) is 11.6 Å². The fraction of sp³-hybridized carbons (Fsp3) is 0.429. The van der Waals surface area contributed by atoms with E-state index in [1.165, 1.54) is 6.21 Å². The topological polar surface area (TPSA) is 48.2 Å². The van der Waals surface area contributed by atoms with Gasteiger partial charge in [0.05, 0.1) is 0 Å². The molecule has 0 aliphatic heterocycles. The molecule has 0 aromatic rings. The van der Waals surface area contributed by atoms with Crippen molar-refractivity contribution in [1.82, 2.24) is 4.90 Å². The average Bonchev–Trinajstić information content (AvgIpc) is 1.97. The van der Waals surface area contributed by atoms with Crippen molar-refractivity contribution in [3.63, 3.8) is 0 Å². The van der Waals surface area contributed by atoms with E-state index in [0.29, 0.717) is 12.4 Å². The molecule has 0 amide bonds. The Hall–Kier alpha value is -1.50. The zero-order chi connectivity index (χ0) is 8.69. The lowest BCUT2D eigenvalue weighted by molar-refractivity contribution is 0.322. The van der Waals surface area contributed by atoms with Crippen molar-refractivity contribution in [2.24, 2.45) is 10.1 Å². The lowest BCUT2D eigenvalue weighted by Gasteiger charge is -2.09. The van der Waals surface area contributed by atoms with Gasteiger partial charge in [-0.3, -0.25) is 4.99 Å². The van der Waals surface area contributed by atoms with Crippen LogP contribution in [0.25, 0.3) is 0 Å². The van der Waals surface area contributed by atoms with Gasteiger partial charge in [-0.05, 0) is 0 Å². The Balaban J connectivity index is 4.23. The normalized spacial score (nSPS) is 11.5. The van der Waals surface area contributed by atoms with Crippen molar-refractivity contribution in [1.29, 1.82) is 0 Å². The Morgan fingerprint density at radius 3 is 2.73 bits per heavy atom. The number of rotatable bonds is 2. The van der Waals surface area contributed by atoms with Gasteiger partial charge in [-0.2, -0.15) is 0 Å². The lowest BCUT2D eigenvalue weighted by Crippen LogP contribution is -2.23. The molecule has 0 aromatic carbocycles. The molecular weight excluding hydrogens is 142 g/mol. The summed E-state index contributed by atoms with van der Waals surface area (Å²) in [5.74, 6) is 2.90. The highest BCUT2D eigenvalue weighted by atomic mass is 16.4. The van der Waals surface area contributed by atoms with Gasteiger partial charge in [0, 0.05) is 14.1 Å². The minimum absolute atomic E-state index is 0.291. The first-order chi connectivity index (χ1) is 5.22. The smallest absolute Gasteiger partial charge is 0.146 e. The number of amidine groups is 1. The van der Waals surface area contributed by atoms with Crippen LogP contribution < -0.4 is 0 Å². The minimum Gasteiger partial charge on any atom is -0.411 e. The van der Waals surface area contributed by atoms with Gasteiger partial charge in [-0.25, -0.2) is 0 Å². The molecule has 0 fully saturated rings. The van der Waals surface area contributed by atoms with Gasteiger partial charge in [-0.1, -0.05) is 11.1 Å². The van der Waals surface area contributed by atoms with Gasteiger partial charge in [0.2, 0.25) is 0 Å². The number of oxime groups is 1. The second kappa shape index (κ2) is 5.30. The van der Waals surface area contributed by atoms with Crippen LogP contribution in [0.3, 0.4) is 0 Å². The average molecular weight is 153 g/mol. The molecule has 4 nitrogen and oxygen atoms in total. The summed E-state index contributed by atoms with van der Waals surface area (Å²) in [6.07, 6.45) is 6.22. The Bertz CT molecular complexity index is 200. The summed E-state index contributed by atoms with van der Waals surface area (Å²) >= 11 is 0. The van der Waals surface area contributed by atoms with Gasteiger partial charge in [0.15, 0.2) is 0 Å². The van der Waals surface area contributed by atoms with Crippen LogP contribution in [0, 0.1) is 12.3 Å². The maximum absolute atomic E-state index is 8.20. The van der Waals surface area contributed by atoms with E-state index in [1.807, 2.05) is 0 Å². The molecule has 1 N–H and O–H groups in total. The molecule has 4 heteroatoms. The SMILES string of the molecule is C#CC/N=C(/C=N/O)N(C)C. The molecule has 0 atom stereocenters. The quantitative estimate of drug-likeness (QED) is 0.200. The lowest BCUT2D eigenvalue weighted by atomic mass is 10.5. The monoisotopic (exact) mass is 153 g/mol. The molecule has 0 spiro atoms. The van der Waals surface area contributed by atoms with Crippen LogP contribution in [0.4, 0.5) is 0 Å². The first-order valence-electron chi connectivity index (χ1n) is 3.05. The Morgan fingerprint density at radius 1 is 1.73 bits per heavy atom. The maximum atomic E-state index is 8.20. The van der Waals surface area contributed by atoms with Gasteiger partial charge in [-0.15, -0.1) is 6.42 Å². The third-order valence-electron chi connectivity index (χ3n) is 0.964. The van der Waals surface area contributed by atoms with Crippen molar-refractivity contribution in [2.75, 3.05) is 20.6 Å². The highest BCUT2D eigenvalue weighted by Gasteiger charge is 1.95. The summed E-state index contributed by atoms with van der Waals surface area (Å²) in [4.78, 5) is 5.63. The minimum atomic E-state index is 0.291. The molecular formula is C7H11N3O. The molecule has 0 saturated heterocycles. The molecule has 60 valence electrons. The highest BCUT2D eigenvalue weighted by molar-refractivity contribution is 6.28.